The third kappa shape index (κ3) is 3.99. The van der Waals surface area contributed by atoms with Crippen LogP contribution in [-0.4, -0.2) is 25.6 Å². The fourth-order valence-corrected chi connectivity index (χ4v) is 2.73. The largest absolute Gasteiger partial charge is 0.495 e. The molecule has 22 heavy (non-hydrogen) atoms. The zero-order chi connectivity index (χ0) is 16.1. The average molecular weight is 340 g/mol. The molecular weight excluding hydrogens is 326 g/mol. The zero-order valence-electron chi connectivity index (χ0n) is 12.0. The number of hydrogen-bond donors (Lipinski definition) is 1. The number of aryl methyl sites for hydroxylation is 1. The summed E-state index contributed by atoms with van der Waals surface area (Å²) < 4.78 is 10.1. The van der Waals surface area contributed by atoms with E-state index in [2.05, 4.69) is 5.32 Å². The van der Waals surface area contributed by atoms with Crippen LogP contribution in [-0.2, 0) is 9.53 Å². The molecule has 0 aliphatic heterocycles. The lowest BCUT2D eigenvalue weighted by atomic mass is 10.3. The number of nitrogens with one attached hydrogen (secondary N) is 1. The number of rotatable bonds is 5. The van der Waals surface area contributed by atoms with Crippen molar-refractivity contribution in [2.45, 2.75) is 6.92 Å². The third-order valence-electron chi connectivity index (χ3n) is 2.82. The van der Waals surface area contributed by atoms with Gasteiger partial charge in [0.2, 0.25) is 0 Å². The molecule has 1 N–H and O–H groups in total. The van der Waals surface area contributed by atoms with Gasteiger partial charge in [0, 0.05) is 5.02 Å². The van der Waals surface area contributed by atoms with E-state index < -0.39 is 11.9 Å². The minimum atomic E-state index is -0.513. The van der Waals surface area contributed by atoms with Crippen LogP contribution in [0.5, 0.6) is 5.75 Å². The monoisotopic (exact) mass is 339 g/mol. The van der Waals surface area contributed by atoms with Crippen molar-refractivity contribution in [3.05, 3.63) is 45.1 Å². The summed E-state index contributed by atoms with van der Waals surface area (Å²) in [5.74, 6) is -0.512. The zero-order valence-corrected chi connectivity index (χ0v) is 13.6. The Bertz CT molecular complexity index is 699. The number of esters is 1. The number of halogens is 1. The van der Waals surface area contributed by atoms with E-state index in [1.807, 2.05) is 13.0 Å². The normalized spacial score (nSPS) is 10.1. The highest BCUT2D eigenvalue weighted by molar-refractivity contribution is 7.12. The topological polar surface area (TPSA) is 64.6 Å². The number of benzene rings is 1. The van der Waals surface area contributed by atoms with E-state index in [1.54, 1.807) is 23.6 Å². The number of hydrogen-bond acceptors (Lipinski definition) is 5. The Hall–Kier alpha value is -2.05. The van der Waals surface area contributed by atoms with E-state index >= 15 is 0 Å². The predicted molar refractivity (Wildman–Crippen MR) is 86.0 cm³/mol. The van der Waals surface area contributed by atoms with Gasteiger partial charge in [-0.3, -0.25) is 4.79 Å². The number of methoxy groups -OCH3 is 1. The van der Waals surface area contributed by atoms with Gasteiger partial charge < -0.3 is 14.8 Å². The average Bonchev–Trinajstić information content (AvgIpc) is 2.91. The molecule has 2 aromatic rings. The van der Waals surface area contributed by atoms with Crippen molar-refractivity contribution >= 4 is 40.5 Å². The van der Waals surface area contributed by atoms with E-state index in [4.69, 9.17) is 21.1 Å². The Labute approximate surface area is 136 Å². The molecule has 0 saturated carbocycles. The second kappa shape index (κ2) is 7.29. The standard InChI is InChI=1S/C15H14ClNO4S/c1-9-5-6-22-14(9)15(19)21-8-13(18)17-11-7-10(16)3-4-12(11)20-2/h3-7H,8H2,1-2H3,(H,17,18). The van der Waals surface area contributed by atoms with Gasteiger partial charge in [-0.2, -0.15) is 0 Å². The van der Waals surface area contributed by atoms with Gasteiger partial charge in [0.25, 0.3) is 5.91 Å². The summed E-state index contributed by atoms with van der Waals surface area (Å²) in [5.41, 5.74) is 1.25. The van der Waals surface area contributed by atoms with Gasteiger partial charge >= 0.3 is 5.97 Å². The van der Waals surface area contributed by atoms with Crippen molar-refractivity contribution in [1.29, 1.82) is 0 Å². The number of ether oxygens (including phenoxy) is 2. The van der Waals surface area contributed by atoms with E-state index in [0.29, 0.717) is 21.3 Å². The number of carbonyl (C=O) groups excluding carboxylic acids is 2. The Morgan fingerprint density at radius 2 is 2.09 bits per heavy atom. The molecule has 0 spiro atoms. The third-order valence-corrected chi connectivity index (χ3v) is 4.05. The van der Waals surface area contributed by atoms with Gasteiger partial charge in [-0.05, 0) is 42.1 Å². The van der Waals surface area contributed by atoms with Crippen LogP contribution >= 0.6 is 22.9 Å². The number of amides is 1. The molecule has 1 heterocycles. The first-order valence-electron chi connectivity index (χ1n) is 6.36. The first-order chi connectivity index (χ1) is 10.5. The molecule has 0 fully saturated rings. The van der Waals surface area contributed by atoms with Crippen LogP contribution < -0.4 is 10.1 Å². The second-order valence-electron chi connectivity index (χ2n) is 4.40. The van der Waals surface area contributed by atoms with Crippen molar-refractivity contribution < 1.29 is 19.1 Å². The van der Waals surface area contributed by atoms with Crippen molar-refractivity contribution in [1.82, 2.24) is 0 Å². The van der Waals surface area contributed by atoms with Gasteiger partial charge in [-0.15, -0.1) is 11.3 Å². The number of anilines is 1. The molecule has 116 valence electrons. The van der Waals surface area contributed by atoms with Crippen LogP contribution in [0, 0.1) is 6.92 Å². The highest BCUT2D eigenvalue weighted by Gasteiger charge is 2.15. The molecule has 2 rings (SSSR count). The van der Waals surface area contributed by atoms with Gasteiger partial charge in [0.1, 0.15) is 10.6 Å². The summed E-state index contributed by atoms with van der Waals surface area (Å²) in [6.45, 7) is 1.43. The molecule has 5 nitrogen and oxygen atoms in total. The molecule has 0 atom stereocenters. The predicted octanol–water partition coefficient (Wildman–Crippen LogP) is 3.51. The molecule has 0 bridgehead atoms. The van der Waals surface area contributed by atoms with Gasteiger partial charge in [-0.25, -0.2) is 4.79 Å². The summed E-state index contributed by atoms with van der Waals surface area (Å²) in [6, 6.07) is 6.66. The van der Waals surface area contributed by atoms with Crippen molar-refractivity contribution in [3.8, 4) is 5.75 Å². The summed E-state index contributed by atoms with van der Waals surface area (Å²) in [7, 11) is 1.48. The van der Waals surface area contributed by atoms with Crippen LogP contribution in [0.2, 0.25) is 5.02 Å². The molecule has 0 unspecified atom stereocenters. The Kier molecular flexibility index (Phi) is 5.41. The maximum absolute atomic E-state index is 11.9. The fraction of sp³-hybridized carbons (Fsp3) is 0.200. The number of carbonyl (C=O) groups is 2. The highest BCUT2D eigenvalue weighted by Crippen LogP contribution is 2.27. The SMILES string of the molecule is COc1ccc(Cl)cc1NC(=O)COC(=O)c1sccc1C. The fourth-order valence-electron chi connectivity index (χ4n) is 1.74. The summed E-state index contributed by atoms with van der Waals surface area (Å²) in [6.07, 6.45) is 0. The molecule has 0 radical (unpaired) electrons. The van der Waals surface area contributed by atoms with E-state index in [0.717, 1.165) is 5.56 Å². The molecule has 7 heteroatoms. The van der Waals surface area contributed by atoms with Crippen LogP contribution in [0.15, 0.2) is 29.6 Å². The van der Waals surface area contributed by atoms with E-state index in [1.165, 1.54) is 18.4 Å². The Morgan fingerprint density at radius 1 is 1.32 bits per heavy atom. The van der Waals surface area contributed by atoms with Gasteiger partial charge in [-0.1, -0.05) is 11.6 Å². The maximum atomic E-state index is 11.9. The van der Waals surface area contributed by atoms with Crippen molar-refractivity contribution in [2.24, 2.45) is 0 Å². The highest BCUT2D eigenvalue weighted by atomic mass is 35.5. The first-order valence-corrected chi connectivity index (χ1v) is 7.61. The first kappa shape index (κ1) is 16.3. The molecule has 0 saturated heterocycles. The smallest absolute Gasteiger partial charge is 0.349 e. The van der Waals surface area contributed by atoms with E-state index in [9.17, 15) is 9.59 Å². The minimum Gasteiger partial charge on any atom is -0.495 e. The Morgan fingerprint density at radius 3 is 2.73 bits per heavy atom. The van der Waals surface area contributed by atoms with Crippen LogP contribution in [0.4, 0.5) is 5.69 Å². The van der Waals surface area contributed by atoms with Crippen LogP contribution in [0.1, 0.15) is 15.2 Å². The maximum Gasteiger partial charge on any atom is 0.349 e. The lowest BCUT2D eigenvalue weighted by molar-refractivity contribution is -0.119. The summed E-state index contributed by atoms with van der Waals surface area (Å²) in [4.78, 5) is 24.2. The molecule has 0 aliphatic carbocycles. The van der Waals surface area contributed by atoms with Crippen molar-refractivity contribution in [2.75, 3.05) is 19.0 Å². The van der Waals surface area contributed by atoms with Gasteiger partial charge in [0.05, 0.1) is 12.8 Å². The Balaban J connectivity index is 1.95. The summed E-state index contributed by atoms with van der Waals surface area (Å²) >= 11 is 7.16. The minimum absolute atomic E-state index is 0.383. The lowest BCUT2D eigenvalue weighted by Crippen LogP contribution is -2.21. The van der Waals surface area contributed by atoms with Crippen LogP contribution in [0.3, 0.4) is 0 Å². The molecule has 1 aromatic carbocycles. The molecule has 1 aromatic heterocycles. The molecular formula is C15H14ClNO4S. The second-order valence-corrected chi connectivity index (χ2v) is 5.75. The van der Waals surface area contributed by atoms with Gasteiger partial charge in [0.15, 0.2) is 6.61 Å². The van der Waals surface area contributed by atoms with Crippen molar-refractivity contribution in [3.63, 3.8) is 0 Å². The molecule has 1 amide bonds. The quantitative estimate of drug-likeness (QED) is 0.846. The lowest BCUT2D eigenvalue weighted by Gasteiger charge is -2.10. The van der Waals surface area contributed by atoms with E-state index in [-0.39, 0.29) is 6.61 Å². The number of thiophene rings is 1. The summed E-state index contributed by atoms with van der Waals surface area (Å²) in [5, 5.41) is 4.85. The molecule has 0 aliphatic rings. The van der Waals surface area contributed by atoms with Crippen LogP contribution in [0.25, 0.3) is 0 Å².